The first-order valence-corrected chi connectivity index (χ1v) is 22.8. The van der Waals surface area contributed by atoms with E-state index in [2.05, 4.69) is 179 Å². The summed E-state index contributed by atoms with van der Waals surface area (Å²) in [5.74, 6) is 2.31. The lowest BCUT2D eigenvalue weighted by Gasteiger charge is -2.36. The fourth-order valence-corrected chi connectivity index (χ4v) is 9.18. The van der Waals surface area contributed by atoms with E-state index in [4.69, 9.17) is 0 Å². The molecule has 1 saturated carbocycles. The minimum atomic E-state index is -0.0721. The summed E-state index contributed by atoms with van der Waals surface area (Å²) in [6, 6.07) is 28.8. The van der Waals surface area contributed by atoms with E-state index < -0.39 is 0 Å². The highest BCUT2D eigenvalue weighted by Crippen LogP contribution is 2.41. The van der Waals surface area contributed by atoms with Crippen molar-refractivity contribution in [1.29, 1.82) is 0 Å². The number of aryl methyl sites for hydroxylation is 1. The Morgan fingerprint density at radius 3 is 1.77 bits per heavy atom. The third-order valence-corrected chi connectivity index (χ3v) is 15.3. The molecule has 2 aliphatic rings. The summed E-state index contributed by atoms with van der Waals surface area (Å²) in [5.41, 5.74) is 11.7. The Kier molecular flexibility index (Phi) is 14.8. The number of rotatable bonds is 21. The van der Waals surface area contributed by atoms with Crippen LogP contribution in [0.5, 0.6) is 0 Å². The van der Waals surface area contributed by atoms with Crippen molar-refractivity contribution in [3.63, 3.8) is 0 Å². The monoisotopic (exact) mass is 754 g/mol. The first-order chi connectivity index (χ1) is 26.7. The minimum Gasteiger partial charge on any atom is -0.388 e. The predicted octanol–water partition coefficient (Wildman–Crippen LogP) is 15.2. The molecule has 3 aromatic rings. The molecular weight excluding hydrogens is 675 g/mol. The summed E-state index contributed by atoms with van der Waals surface area (Å²) >= 11 is 0. The average molecular weight is 754 g/mol. The SMILES string of the molecule is CCC(C)CCC(CC)(CC)c1ccc(C(C)(C)C2=CC=C(NCC(C)C(C)(CC)Cc3ccc(C(C)(C)c4ccc(CCC5CC5)cc4)cc3)CC=C2)cc1. The van der Waals surface area contributed by atoms with E-state index >= 15 is 0 Å². The van der Waals surface area contributed by atoms with Crippen LogP contribution in [-0.4, -0.2) is 6.54 Å². The predicted molar refractivity (Wildman–Crippen MR) is 246 cm³/mol. The van der Waals surface area contributed by atoms with Gasteiger partial charge < -0.3 is 5.32 Å². The van der Waals surface area contributed by atoms with Gasteiger partial charge in [-0.05, 0) is 119 Å². The molecule has 3 aromatic carbocycles. The van der Waals surface area contributed by atoms with Crippen molar-refractivity contribution in [2.45, 2.75) is 169 Å². The summed E-state index contributed by atoms with van der Waals surface area (Å²) in [7, 11) is 0. The molecule has 1 nitrogen and oxygen atoms in total. The van der Waals surface area contributed by atoms with Crippen LogP contribution in [0.25, 0.3) is 0 Å². The lowest BCUT2D eigenvalue weighted by Crippen LogP contribution is -2.34. The summed E-state index contributed by atoms with van der Waals surface area (Å²) in [6.45, 7) is 27.3. The second-order valence-corrected chi connectivity index (χ2v) is 19.6. The molecule has 3 atom stereocenters. The fraction of sp³-hybridized carbons (Fsp3) is 0.564. The van der Waals surface area contributed by atoms with Gasteiger partial charge in [-0.3, -0.25) is 0 Å². The van der Waals surface area contributed by atoms with Gasteiger partial charge in [-0.15, -0.1) is 0 Å². The third-order valence-electron chi connectivity index (χ3n) is 15.3. The van der Waals surface area contributed by atoms with Crippen molar-refractivity contribution >= 4 is 0 Å². The molecule has 0 aliphatic heterocycles. The van der Waals surface area contributed by atoms with Crippen molar-refractivity contribution in [3.05, 3.63) is 142 Å². The quantitative estimate of drug-likeness (QED) is 0.114. The van der Waals surface area contributed by atoms with Crippen LogP contribution in [0.3, 0.4) is 0 Å². The molecule has 0 bridgehead atoms. The Hall–Kier alpha value is -3.32. The van der Waals surface area contributed by atoms with Crippen LogP contribution < -0.4 is 5.32 Å². The number of hydrogen-bond donors (Lipinski definition) is 1. The Labute approximate surface area is 345 Å². The van der Waals surface area contributed by atoms with Crippen LogP contribution in [0.1, 0.15) is 174 Å². The van der Waals surface area contributed by atoms with Crippen LogP contribution in [0.15, 0.2) is 108 Å². The van der Waals surface area contributed by atoms with Gasteiger partial charge in [-0.2, -0.15) is 0 Å². The van der Waals surface area contributed by atoms with Crippen LogP contribution in [0.2, 0.25) is 0 Å². The molecule has 2 aliphatic carbocycles. The Morgan fingerprint density at radius 2 is 1.21 bits per heavy atom. The number of benzene rings is 3. The van der Waals surface area contributed by atoms with Crippen molar-refractivity contribution in [1.82, 2.24) is 5.32 Å². The van der Waals surface area contributed by atoms with Gasteiger partial charge in [0.05, 0.1) is 0 Å². The van der Waals surface area contributed by atoms with E-state index in [0.717, 1.165) is 37.6 Å². The highest BCUT2D eigenvalue weighted by atomic mass is 14.9. The van der Waals surface area contributed by atoms with Gasteiger partial charge in [0.2, 0.25) is 0 Å². The van der Waals surface area contributed by atoms with Gasteiger partial charge in [0, 0.05) is 29.5 Å². The van der Waals surface area contributed by atoms with Crippen molar-refractivity contribution in [3.8, 4) is 0 Å². The second kappa shape index (κ2) is 19.0. The van der Waals surface area contributed by atoms with E-state index in [1.807, 2.05) is 0 Å². The maximum absolute atomic E-state index is 3.89. The molecule has 0 radical (unpaired) electrons. The van der Waals surface area contributed by atoms with E-state index in [-0.39, 0.29) is 21.7 Å². The van der Waals surface area contributed by atoms with Gasteiger partial charge in [-0.25, -0.2) is 0 Å². The summed E-state index contributed by atoms with van der Waals surface area (Å²) in [6.07, 6.45) is 24.4. The third kappa shape index (κ3) is 10.6. The van der Waals surface area contributed by atoms with E-state index in [9.17, 15) is 0 Å². The molecule has 0 amide bonds. The van der Waals surface area contributed by atoms with Crippen molar-refractivity contribution < 1.29 is 0 Å². The minimum absolute atomic E-state index is 0.0171. The first-order valence-electron chi connectivity index (χ1n) is 22.8. The van der Waals surface area contributed by atoms with Crippen LogP contribution >= 0.6 is 0 Å². The van der Waals surface area contributed by atoms with Gasteiger partial charge in [0.15, 0.2) is 0 Å². The molecule has 304 valence electrons. The largest absolute Gasteiger partial charge is 0.388 e. The zero-order valence-corrected chi connectivity index (χ0v) is 37.7. The normalized spacial score (nSPS) is 17.4. The van der Waals surface area contributed by atoms with Gasteiger partial charge in [0.25, 0.3) is 0 Å². The molecule has 0 saturated heterocycles. The van der Waals surface area contributed by atoms with Gasteiger partial charge >= 0.3 is 0 Å². The summed E-state index contributed by atoms with van der Waals surface area (Å²) < 4.78 is 0. The second-order valence-electron chi connectivity index (χ2n) is 19.6. The highest BCUT2D eigenvalue weighted by molar-refractivity contribution is 5.45. The number of nitrogens with one attached hydrogen (secondary N) is 1. The molecule has 5 rings (SSSR count). The Bertz CT molecular complexity index is 1750. The average Bonchev–Trinajstić information content (AvgIpc) is 4.08. The first kappa shape index (κ1) is 43.8. The zero-order chi connectivity index (χ0) is 40.6. The number of allylic oxidation sites excluding steroid dienone is 5. The maximum atomic E-state index is 3.89. The molecular formula is C55H79N. The molecule has 56 heavy (non-hydrogen) atoms. The lowest BCUT2D eigenvalue weighted by atomic mass is 9.70. The lowest BCUT2D eigenvalue weighted by molar-refractivity contribution is 0.189. The molecule has 0 heterocycles. The van der Waals surface area contributed by atoms with Crippen LogP contribution in [0.4, 0.5) is 0 Å². The smallest absolute Gasteiger partial charge is 0.0175 e. The Morgan fingerprint density at radius 1 is 0.661 bits per heavy atom. The fourth-order valence-electron chi connectivity index (χ4n) is 9.18. The van der Waals surface area contributed by atoms with Crippen LogP contribution in [-0.2, 0) is 29.1 Å². The summed E-state index contributed by atoms with van der Waals surface area (Å²) in [5, 5.41) is 3.89. The standard InChI is InChI=1S/C55H79N/c1-12-41(5)37-38-55(14-3,15-4)50-33-31-49(32-34-50)52(7,8)46-17-16-18-51(36-35-46)56-40-42(6)54(11,13-2)39-45-25-29-48(30-26-45)53(9,10)47-27-23-44(24-28-47)22-21-43-19-20-43/h16-17,23-36,41-43,56H,12-15,18-22,37-40H2,1-11H3. The van der Waals surface area contributed by atoms with Crippen molar-refractivity contribution in [2.75, 3.05) is 6.54 Å². The highest BCUT2D eigenvalue weighted by Gasteiger charge is 2.32. The van der Waals surface area contributed by atoms with E-state index in [0.29, 0.717) is 5.92 Å². The number of hydrogen-bond acceptors (Lipinski definition) is 1. The topological polar surface area (TPSA) is 12.0 Å². The molecule has 1 fully saturated rings. The molecule has 0 spiro atoms. The van der Waals surface area contributed by atoms with Crippen LogP contribution in [0, 0.1) is 23.2 Å². The van der Waals surface area contributed by atoms with Crippen molar-refractivity contribution in [2.24, 2.45) is 23.2 Å². The molecule has 3 unspecified atom stereocenters. The van der Waals surface area contributed by atoms with Gasteiger partial charge in [-0.1, -0.05) is 193 Å². The molecule has 0 aromatic heterocycles. The summed E-state index contributed by atoms with van der Waals surface area (Å²) in [4.78, 5) is 0. The van der Waals surface area contributed by atoms with E-state index in [1.54, 1.807) is 0 Å². The maximum Gasteiger partial charge on any atom is 0.0175 e. The van der Waals surface area contributed by atoms with E-state index in [1.165, 1.54) is 102 Å². The van der Waals surface area contributed by atoms with Gasteiger partial charge in [0.1, 0.15) is 0 Å². The molecule has 1 heteroatoms. The zero-order valence-electron chi connectivity index (χ0n) is 37.7. The Balaban J connectivity index is 1.19. The molecule has 1 N–H and O–H groups in total.